The van der Waals surface area contributed by atoms with E-state index in [1.54, 1.807) is 17.7 Å². The second-order valence-electron chi connectivity index (χ2n) is 8.47. The minimum absolute atomic E-state index is 0.0650. The van der Waals surface area contributed by atoms with E-state index in [1.165, 1.54) is 0 Å². The van der Waals surface area contributed by atoms with Crippen LogP contribution in [0, 0.1) is 0 Å². The summed E-state index contributed by atoms with van der Waals surface area (Å²) in [6, 6.07) is 7.73. The van der Waals surface area contributed by atoms with Crippen molar-refractivity contribution in [2.45, 2.75) is 50.7 Å². The molecule has 3 aromatic rings. The Morgan fingerprint density at radius 1 is 1.23 bits per heavy atom. The van der Waals surface area contributed by atoms with Crippen LogP contribution in [0.5, 0.6) is 0 Å². The SMILES string of the molecule is C[C@H]1NC(=O)c2cc(-c3cccc4c(=O)n(C)c(N[C@@H]5CCC[C@H](N)C5)nc34)[nH]c21. The largest absolute Gasteiger partial charge is 0.356 e. The fourth-order valence-electron chi connectivity index (χ4n) is 4.67. The number of benzene rings is 1. The van der Waals surface area contributed by atoms with Gasteiger partial charge in [-0.1, -0.05) is 12.1 Å². The molecule has 30 heavy (non-hydrogen) atoms. The highest BCUT2D eigenvalue weighted by molar-refractivity contribution is 6.01. The van der Waals surface area contributed by atoms with Crippen molar-refractivity contribution in [2.75, 3.05) is 5.32 Å². The molecule has 1 aliphatic heterocycles. The molecule has 1 saturated carbocycles. The van der Waals surface area contributed by atoms with Gasteiger partial charge in [-0.05, 0) is 44.7 Å². The van der Waals surface area contributed by atoms with Gasteiger partial charge in [-0.25, -0.2) is 4.98 Å². The highest BCUT2D eigenvalue weighted by atomic mass is 16.2. The van der Waals surface area contributed by atoms with Crippen LogP contribution in [0.25, 0.3) is 22.2 Å². The first-order chi connectivity index (χ1) is 14.4. The number of aromatic nitrogens is 3. The van der Waals surface area contributed by atoms with Crippen LogP contribution in [-0.4, -0.2) is 32.5 Å². The monoisotopic (exact) mass is 406 g/mol. The molecule has 1 aliphatic carbocycles. The van der Waals surface area contributed by atoms with Gasteiger partial charge in [-0.2, -0.15) is 0 Å². The lowest BCUT2D eigenvalue weighted by Gasteiger charge is -2.28. The molecule has 8 nitrogen and oxygen atoms in total. The van der Waals surface area contributed by atoms with Crippen molar-refractivity contribution in [3.8, 4) is 11.3 Å². The maximum absolute atomic E-state index is 13.1. The summed E-state index contributed by atoms with van der Waals surface area (Å²) in [4.78, 5) is 33.4. The second-order valence-corrected chi connectivity index (χ2v) is 8.47. The third-order valence-corrected chi connectivity index (χ3v) is 6.32. The van der Waals surface area contributed by atoms with E-state index in [0.717, 1.165) is 42.6 Å². The number of hydrogen-bond acceptors (Lipinski definition) is 5. The van der Waals surface area contributed by atoms with Gasteiger partial charge in [-0.15, -0.1) is 0 Å². The summed E-state index contributed by atoms with van der Waals surface area (Å²) >= 11 is 0. The number of H-pyrrole nitrogens is 1. The van der Waals surface area contributed by atoms with Crippen LogP contribution < -0.4 is 21.9 Å². The van der Waals surface area contributed by atoms with Gasteiger partial charge < -0.3 is 21.4 Å². The number of anilines is 1. The van der Waals surface area contributed by atoms with Crippen LogP contribution in [-0.2, 0) is 7.05 Å². The first kappa shape index (κ1) is 18.9. The minimum atomic E-state index is -0.102. The fourth-order valence-corrected chi connectivity index (χ4v) is 4.67. The first-order valence-corrected chi connectivity index (χ1v) is 10.5. The molecule has 5 rings (SSSR count). The van der Waals surface area contributed by atoms with Crippen molar-refractivity contribution in [1.82, 2.24) is 19.9 Å². The average molecular weight is 406 g/mol. The summed E-state index contributed by atoms with van der Waals surface area (Å²) in [5, 5.41) is 6.88. The average Bonchev–Trinajstić information content (AvgIpc) is 3.27. The molecule has 2 aromatic heterocycles. The molecule has 3 heterocycles. The van der Waals surface area contributed by atoms with Crippen LogP contribution in [0.4, 0.5) is 5.95 Å². The zero-order valence-electron chi connectivity index (χ0n) is 17.2. The molecule has 0 bridgehead atoms. The Balaban J connectivity index is 1.61. The van der Waals surface area contributed by atoms with Crippen LogP contribution in [0.3, 0.4) is 0 Å². The van der Waals surface area contributed by atoms with Crippen LogP contribution in [0.1, 0.15) is 54.7 Å². The molecule has 5 N–H and O–H groups in total. The smallest absolute Gasteiger partial charge is 0.262 e. The van der Waals surface area contributed by atoms with Gasteiger partial charge in [0.05, 0.1) is 28.2 Å². The number of nitrogens with two attached hydrogens (primary N) is 1. The van der Waals surface area contributed by atoms with E-state index in [9.17, 15) is 9.59 Å². The molecule has 0 unspecified atom stereocenters. The molecule has 1 amide bonds. The van der Waals surface area contributed by atoms with Crippen molar-refractivity contribution in [2.24, 2.45) is 12.8 Å². The lowest BCUT2D eigenvalue weighted by Crippen LogP contribution is -2.36. The summed E-state index contributed by atoms with van der Waals surface area (Å²) in [6.07, 6.45) is 3.99. The van der Waals surface area contributed by atoms with Gasteiger partial charge >= 0.3 is 0 Å². The Morgan fingerprint density at radius 3 is 2.83 bits per heavy atom. The van der Waals surface area contributed by atoms with Crippen LogP contribution >= 0.6 is 0 Å². The Labute approximate surface area is 173 Å². The molecule has 8 heteroatoms. The molecular formula is C22H26N6O2. The number of para-hydroxylation sites is 1. The summed E-state index contributed by atoms with van der Waals surface area (Å²) in [6.45, 7) is 1.94. The lowest BCUT2D eigenvalue weighted by atomic mass is 9.92. The number of rotatable bonds is 3. The van der Waals surface area contributed by atoms with E-state index in [4.69, 9.17) is 10.7 Å². The zero-order valence-corrected chi connectivity index (χ0v) is 17.2. The molecule has 1 fully saturated rings. The lowest BCUT2D eigenvalue weighted by molar-refractivity contribution is 0.0958. The summed E-state index contributed by atoms with van der Waals surface area (Å²) in [5.74, 6) is 0.462. The molecule has 0 radical (unpaired) electrons. The number of nitrogens with one attached hydrogen (secondary N) is 3. The maximum Gasteiger partial charge on any atom is 0.262 e. The molecular weight excluding hydrogens is 380 g/mol. The zero-order chi connectivity index (χ0) is 21.0. The summed E-state index contributed by atoms with van der Waals surface area (Å²) in [7, 11) is 1.74. The van der Waals surface area contributed by atoms with Gasteiger partial charge in [0.1, 0.15) is 0 Å². The highest BCUT2D eigenvalue weighted by Crippen LogP contribution is 2.32. The number of nitrogens with zero attached hydrogens (tertiary/aromatic N) is 2. The van der Waals surface area contributed by atoms with Gasteiger partial charge in [0.2, 0.25) is 5.95 Å². The van der Waals surface area contributed by atoms with Gasteiger partial charge in [0, 0.05) is 30.4 Å². The predicted molar refractivity (Wildman–Crippen MR) is 117 cm³/mol. The van der Waals surface area contributed by atoms with Gasteiger partial charge in [0.15, 0.2) is 0 Å². The number of amides is 1. The van der Waals surface area contributed by atoms with Crippen molar-refractivity contribution >= 4 is 22.8 Å². The molecule has 2 aliphatic rings. The van der Waals surface area contributed by atoms with E-state index in [2.05, 4.69) is 15.6 Å². The Hall–Kier alpha value is -3.13. The first-order valence-electron chi connectivity index (χ1n) is 10.5. The van der Waals surface area contributed by atoms with Crippen LogP contribution in [0.2, 0.25) is 0 Å². The minimum Gasteiger partial charge on any atom is -0.356 e. The van der Waals surface area contributed by atoms with E-state index in [-0.39, 0.29) is 29.6 Å². The quantitative estimate of drug-likeness (QED) is 0.533. The van der Waals surface area contributed by atoms with Crippen LogP contribution in [0.15, 0.2) is 29.1 Å². The number of carbonyl (C=O) groups is 1. The van der Waals surface area contributed by atoms with Gasteiger partial charge in [0.25, 0.3) is 11.5 Å². The second kappa shape index (κ2) is 6.98. The molecule has 0 saturated heterocycles. The van der Waals surface area contributed by atoms with E-state index in [1.807, 2.05) is 25.1 Å². The van der Waals surface area contributed by atoms with E-state index in [0.29, 0.717) is 22.4 Å². The van der Waals surface area contributed by atoms with Gasteiger partial charge in [-0.3, -0.25) is 14.2 Å². The maximum atomic E-state index is 13.1. The van der Waals surface area contributed by atoms with Crippen molar-refractivity contribution in [3.05, 3.63) is 45.9 Å². The van der Waals surface area contributed by atoms with Crippen molar-refractivity contribution in [3.63, 3.8) is 0 Å². The predicted octanol–water partition coefficient (Wildman–Crippen LogP) is 2.41. The standard InChI is InChI=1S/C22H26N6O2/c1-11-18-16(20(29)24-11)10-17(26-18)14-7-4-8-15-19(14)27-22(28(2)21(15)30)25-13-6-3-5-12(23)9-13/h4,7-8,10-13,26H,3,5-6,9,23H2,1-2H3,(H,24,29)(H,25,27)/t11-,12+,13-/m1/s1. The number of aromatic amines is 1. The Kier molecular flexibility index (Phi) is 4.39. The summed E-state index contributed by atoms with van der Waals surface area (Å²) < 4.78 is 1.57. The molecule has 3 atom stereocenters. The Bertz CT molecular complexity index is 1210. The number of carbonyl (C=O) groups excluding carboxylic acids is 1. The van der Waals surface area contributed by atoms with E-state index < -0.39 is 0 Å². The number of fused-ring (bicyclic) bond motifs is 2. The highest BCUT2D eigenvalue weighted by Gasteiger charge is 2.29. The number of hydrogen-bond donors (Lipinski definition) is 4. The molecule has 1 aromatic carbocycles. The molecule has 0 spiro atoms. The van der Waals surface area contributed by atoms with E-state index >= 15 is 0 Å². The molecule has 156 valence electrons. The summed E-state index contributed by atoms with van der Waals surface area (Å²) in [5.41, 5.74) is 9.76. The van der Waals surface area contributed by atoms with Crippen molar-refractivity contribution in [1.29, 1.82) is 0 Å². The third-order valence-electron chi connectivity index (χ3n) is 6.32. The Morgan fingerprint density at radius 2 is 2.07 bits per heavy atom. The third kappa shape index (κ3) is 2.99. The normalized spacial score (nSPS) is 23.4. The fraction of sp³-hybridized carbons (Fsp3) is 0.409. The van der Waals surface area contributed by atoms with Crippen molar-refractivity contribution < 1.29 is 4.79 Å². The topological polar surface area (TPSA) is 118 Å².